The van der Waals surface area contributed by atoms with E-state index in [0.29, 0.717) is 4.91 Å². The molecule has 1 fully saturated rings. The zero-order chi connectivity index (χ0) is 20.4. The van der Waals surface area contributed by atoms with Crippen LogP contribution in [-0.2, 0) is 9.59 Å². The van der Waals surface area contributed by atoms with Crippen molar-refractivity contribution in [3.05, 3.63) is 51.1 Å². The number of anilines is 1. The molecule has 1 atom stereocenters. The van der Waals surface area contributed by atoms with Gasteiger partial charge in [0.15, 0.2) is 0 Å². The highest BCUT2D eigenvalue weighted by atomic mass is 32.2. The van der Waals surface area contributed by atoms with Crippen LogP contribution in [0.2, 0.25) is 0 Å². The molecule has 10 heteroatoms. The molecule has 0 radical (unpaired) electrons. The Hall–Kier alpha value is -2.69. The largest absolute Gasteiger partial charge is 0.507 e. The number of nitrogens with zero attached hydrogens (tertiary/aromatic N) is 1. The number of carboxylic acids is 1. The topological polar surface area (TPSA) is 107 Å². The van der Waals surface area contributed by atoms with Crippen molar-refractivity contribution in [2.24, 2.45) is 0 Å². The number of thioether (sulfide) groups is 1. The monoisotopic (exact) mass is 434 g/mol. The maximum Gasteiger partial charge on any atom is 0.339 e. The Bertz CT molecular complexity index is 1000. The lowest BCUT2D eigenvalue weighted by Gasteiger charge is -2.22. The third kappa shape index (κ3) is 4.08. The summed E-state index contributed by atoms with van der Waals surface area (Å²) in [7, 11) is 0. The minimum absolute atomic E-state index is 0.207. The second-order valence-corrected chi connectivity index (χ2v) is 8.42. The second kappa shape index (κ2) is 8.13. The molecule has 3 rings (SSSR count). The molecule has 1 aliphatic heterocycles. The molecule has 0 aliphatic carbocycles. The van der Waals surface area contributed by atoms with Gasteiger partial charge in [-0.2, -0.15) is 0 Å². The van der Waals surface area contributed by atoms with E-state index in [1.54, 1.807) is 13.0 Å². The van der Waals surface area contributed by atoms with Crippen LogP contribution >= 0.6 is 35.3 Å². The van der Waals surface area contributed by atoms with E-state index >= 15 is 0 Å². The Balaban J connectivity index is 1.74. The van der Waals surface area contributed by atoms with Crippen LogP contribution in [0.3, 0.4) is 0 Å². The van der Waals surface area contributed by atoms with Crippen molar-refractivity contribution in [3.63, 3.8) is 0 Å². The number of aromatic carboxylic acids is 1. The van der Waals surface area contributed by atoms with Crippen molar-refractivity contribution in [1.29, 1.82) is 0 Å². The Kier molecular flexibility index (Phi) is 5.82. The predicted molar refractivity (Wildman–Crippen MR) is 112 cm³/mol. The van der Waals surface area contributed by atoms with Crippen LogP contribution < -0.4 is 5.32 Å². The lowest BCUT2D eigenvalue weighted by molar-refractivity contribution is -0.129. The van der Waals surface area contributed by atoms with Crippen LogP contribution in [0.4, 0.5) is 5.69 Å². The summed E-state index contributed by atoms with van der Waals surface area (Å²) >= 11 is 7.88. The van der Waals surface area contributed by atoms with Gasteiger partial charge in [0.1, 0.15) is 21.7 Å². The molecule has 2 amide bonds. The molecular weight excluding hydrogens is 420 g/mol. The van der Waals surface area contributed by atoms with Crippen LogP contribution in [0.5, 0.6) is 5.75 Å². The Morgan fingerprint density at radius 3 is 2.68 bits per heavy atom. The van der Waals surface area contributed by atoms with E-state index in [9.17, 15) is 19.5 Å². The number of benzene rings is 1. The fourth-order valence-corrected chi connectivity index (χ4v) is 4.61. The number of carboxylic acid groups (broad SMARTS) is 1. The standard InChI is InChI=1S/C18H14N2O5S3/c1-9(15(22)19-10-4-5-12(17(24)25)13(21)7-10)20-16(23)14(28-18(20)26)8-11-3-2-6-27-11/h2-9,21H,1H3,(H,19,22)(H,24,25)/b14-8+/t9-/m0/s1. The quantitative estimate of drug-likeness (QED) is 0.489. The Morgan fingerprint density at radius 1 is 1.32 bits per heavy atom. The summed E-state index contributed by atoms with van der Waals surface area (Å²) in [5.41, 5.74) is -0.0689. The molecule has 0 saturated carbocycles. The molecule has 28 heavy (non-hydrogen) atoms. The average Bonchev–Trinajstić information content (AvgIpc) is 3.22. The zero-order valence-electron chi connectivity index (χ0n) is 14.4. The summed E-state index contributed by atoms with van der Waals surface area (Å²) in [6, 6.07) is 6.53. The first kappa shape index (κ1) is 20.1. The minimum Gasteiger partial charge on any atom is -0.507 e. The van der Waals surface area contributed by atoms with Crippen molar-refractivity contribution in [2.45, 2.75) is 13.0 Å². The predicted octanol–water partition coefficient (Wildman–Crippen LogP) is 3.38. The number of carbonyl (C=O) groups is 3. The third-order valence-electron chi connectivity index (χ3n) is 3.90. The van der Waals surface area contributed by atoms with Crippen molar-refractivity contribution < 1.29 is 24.6 Å². The number of nitrogens with one attached hydrogen (secondary N) is 1. The van der Waals surface area contributed by atoms with Gasteiger partial charge < -0.3 is 15.5 Å². The molecule has 1 saturated heterocycles. The van der Waals surface area contributed by atoms with Crippen molar-refractivity contribution in [2.75, 3.05) is 5.32 Å². The highest BCUT2D eigenvalue weighted by Gasteiger charge is 2.38. The SMILES string of the molecule is C[C@@H](C(=O)Nc1ccc(C(=O)O)c(O)c1)N1C(=O)/C(=C\c2cccs2)SC1=S. The van der Waals surface area contributed by atoms with E-state index in [-0.39, 0.29) is 21.5 Å². The van der Waals surface area contributed by atoms with E-state index in [2.05, 4.69) is 5.32 Å². The summed E-state index contributed by atoms with van der Waals surface area (Å²) in [4.78, 5) is 38.8. The fraction of sp³-hybridized carbons (Fsp3) is 0.111. The van der Waals surface area contributed by atoms with Gasteiger partial charge in [-0.3, -0.25) is 14.5 Å². The van der Waals surface area contributed by atoms with Crippen molar-refractivity contribution in [3.8, 4) is 5.75 Å². The van der Waals surface area contributed by atoms with Gasteiger partial charge in [0.2, 0.25) is 5.91 Å². The van der Waals surface area contributed by atoms with Crippen LogP contribution in [0.15, 0.2) is 40.6 Å². The summed E-state index contributed by atoms with van der Waals surface area (Å²) in [5, 5.41) is 23.1. The number of rotatable bonds is 5. The van der Waals surface area contributed by atoms with E-state index in [0.717, 1.165) is 22.7 Å². The van der Waals surface area contributed by atoms with Crippen LogP contribution in [0.25, 0.3) is 6.08 Å². The number of thiocarbonyl (C=S) groups is 1. The lowest BCUT2D eigenvalue weighted by Crippen LogP contribution is -2.44. The number of hydrogen-bond acceptors (Lipinski definition) is 7. The molecule has 3 N–H and O–H groups in total. The number of aromatic hydroxyl groups is 1. The van der Waals surface area contributed by atoms with E-state index in [1.807, 2.05) is 17.5 Å². The van der Waals surface area contributed by atoms with E-state index < -0.39 is 23.7 Å². The third-order valence-corrected chi connectivity index (χ3v) is 6.05. The Morgan fingerprint density at radius 2 is 2.07 bits per heavy atom. The fourth-order valence-electron chi connectivity index (χ4n) is 2.47. The zero-order valence-corrected chi connectivity index (χ0v) is 16.9. The van der Waals surface area contributed by atoms with Crippen molar-refractivity contribution in [1.82, 2.24) is 4.90 Å². The van der Waals surface area contributed by atoms with Gasteiger partial charge in [0.05, 0.1) is 4.91 Å². The molecule has 1 aromatic heterocycles. The van der Waals surface area contributed by atoms with Gasteiger partial charge in [-0.05, 0) is 36.6 Å². The lowest BCUT2D eigenvalue weighted by atomic mass is 10.1. The second-order valence-electron chi connectivity index (χ2n) is 5.77. The first-order valence-electron chi connectivity index (χ1n) is 7.95. The minimum atomic E-state index is -1.28. The highest BCUT2D eigenvalue weighted by Crippen LogP contribution is 2.34. The molecule has 0 unspecified atom stereocenters. The maximum absolute atomic E-state index is 12.7. The number of thiophene rings is 1. The number of hydrogen-bond donors (Lipinski definition) is 3. The summed E-state index contributed by atoms with van der Waals surface area (Å²) in [6.07, 6.45) is 1.73. The first-order chi connectivity index (χ1) is 13.3. The summed E-state index contributed by atoms with van der Waals surface area (Å²) in [5.74, 6) is -2.62. The van der Waals surface area contributed by atoms with E-state index in [1.165, 1.54) is 28.4 Å². The summed E-state index contributed by atoms with van der Waals surface area (Å²) in [6.45, 7) is 1.54. The van der Waals surface area contributed by atoms with Gasteiger partial charge in [0.25, 0.3) is 5.91 Å². The molecule has 1 aromatic carbocycles. The molecule has 2 aromatic rings. The van der Waals surface area contributed by atoms with E-state index in [4.69, 9.17) is 17.3 Å². The number of amides is 2. The van der Waals surface area contributed by atoms with Gasteiger partial charge in [-0.25, -0.2) is 4.79 Å². The number of phenols is 1. The molecule has 0 bridgehead atoms. The molecule has 144 valence electrons. The van der Waals surface area contributed by atoms with Gasteiger partial charge in [-0.1, -0.05) is 30.0 Å². The smallest absolute Gasteiger partial charge is 0.339 e. The van der Waals surface area contributed by atoms with Gasteiger partial charge in [0, 0.05) is 16.6 Å². The molecular formula is C18H14N2O5S3. The first-order valence-corrected chi connectivity index (χ1v) is 10.1. The average molecular weight is 435 g/mol. The van der Waals surface area contributed by atoms with Gasteiger partial charge in [-0.15, -0.1) is 11.3 Å². The molecule has 2 heterocycles. The number of carbonyl (C=O) groups excluding carboxylic acids is 2. The molecule has 0 spiro atoms. The van der Waals surface area contributed by atoms with Gasteiger partial charge >= 0.3 is 5.97 Å². The maximum atomic E-state index is 12.7. The van der Waals surface area contributed by atoms with Crippen LogP contribution in [-0.4, -0.2) is 43.3 Å². The molecule has 7 nitrogen and oxygen atoms in total. The van der Waals surface area contributed by atoms with Crippen LogP contribution in [0, 0.1) is 0 Å². The normalized spacial score (nSPS) is 16.5. The molecule has 1 aliphatic rings. The summed E-state index contributed by atoms with van der Waals surface area (Å²) < 4.78 is 0.277. The Labute approximate surface area is 173 Å². The van der Waals surface area contributed by atoms with Crippen LogP contribution in [0.1, 0.15) is 22.2 Å². The highest BCUT2D eigenvalue weighted by molar-refractivity contribution is 8.26. The van der Waals surface area contributed by atoms with Crippen molar-refractivity contribution >= 4 is 69.2 Å².